The summed E-state index contributed by atoms with van der Waals surface area (Å²) in [5.74, 6) is 1.71. The van der Waals surface area contributed by atoms with Crippen molar-refractivity contribution in [1.29, 1.82) is 0 Å². The molecule has 1 N–H and O–H groups in total. The van der Waals surface area contributed by atoms with E-state index in [-0.39, 0.29) is 19.3 Å². The molecule has 0 spiro atoms. The van der Waals surface area contributed by atoms with Crippen LogP contribution in [0.5, 0.6) is 17.2 Å². The van der Waals surface area contributed by atoms with Gasteiger partial charge in [-0.1, -0.05) is 18.2 Å². The van der Waals surface area contributed by atoms with Gasteiger partial charge in [-0.05, 0) is 53.0 Å². The van der Waals surface area contributed by atoms with E-state index in [1.165, 1.54) is 6.21 Å². The lowest BCUT2D eigenvalue weighted by molar-refractivity contribution is -0.123. The molecule has 0 saturated heterocycles. The van der Waals surface area contributed by atoms with Gasteiger partial charge < -0.3 is 14.2 Å². The molecule has 1 aliphatic rings. The molecule has 7 heteroatoms. The Morgan fingerprint density at radius 3 is 2.68 bits per heavy atom. The Labute approximate surface area is 153 Å². The van der Waals surface area contributed by atoms with Crippen LogP contribution in [0.15, 0.2) is 39.9 Å². The molecule has 0 aromatic heterocycles. The average Bonchev–Trinajstić information content (AvgIpc) is 3.01. The Balaban J connectivity index is 1.57. The molecule has 2 aromatic carbocycles. The fourth-order valence-corrected chi connectivity index (χ4v) is 2.83. The number of carbonyl (C=O) groups excluding carboxylic acids is 1. The number of nitrogens with zero attached hydrogens (tertiary/aromatic N) is 1. The maximum Gasteiger partial charge on any atom is 0.277 e. The molecule has 0 aliphatic carbocycles. The van der Waals surface area contributed by atoms with Crippen molar-refractivity contribution in [3.8, 4) is 17.2 Å². The number of hydrogen-bond donors (Lipinski definition) is 1. The van der Waals surface area contributed by atoms with E-state index >= 15 is 0 Å². The Kier molecular flexibility index (Phi) is 5.23. The van der Waals surface area contributed by atoms with Gasteiger partial charge in [-0.25, -0.2) is 5.43 Å². The van der Waals surface area contributed by atoms with Crippen LogP contribution in [-0.2, 0) is 4.79 Å². The number of carbonyl (C=O) groups is 1. The van der Waals surface area contributed by atoms with Crippen LogP contribution >= 0.6 is 15.9 Å². The summed E-state index contributed by atoms with van der Waals surface area (Å²) in [7, 11) is 0. The second-order valence-electron chi connectivity index (χ2n) is 5.53. The normalized spacial score (nSPS) is 12.4. The minimum absolute atomic E-state index is 0.106. The van der Waals surface area contributed by atoms with Crippen molar-refractivity contribution in [3.05, 3.63) is 51.5 Å². The van der Waals surface area contributed by atoms with Gasteiger partial charge in [0.1, 0.15) is 5.75 Å². The third kappa shape index (κ3) is 4.11. The van der Waals surface area contributed by atoms with Gasteiger partial charge in [0.2, 0.25) is 6.79 Å². The third-order valence-corrected chi connectivity index (χ3v) is 4.33. The van der Waals surface area contributed by atoms with Crippen LogP contribution in [0.3, 0.4) is 0 Å². The number of benzene rings is 2. The summed E-state index contributed by atoms with van der Waals surface area (Å²) in [6.07, 6.45) is 1.53. The standard InChI is InChI=1S/C18H17BrN2O4/c1-11-4-3-5-12(2)18(11)23-9-17(22)21-20-8-13-6-15-16(7-14(13)19)25-10-24-15/h3-8H,9-10H2,1-2H3,(H,21,22)/b20-8+. The van der Waals surface area contributed by atoms with Crippen molar-refractivity contribution in [2.24, 2.45) is 5.10 Å². The monoisotopic (exact) mass is 404 g/mol. The van der Waals surface area contributed by atoms with Crippen molar-refractivity contribution < 1.29 is 19.0 Å². The molecule has 1 heterocycles. The second kappa shape index (κ2) is 7.57. The number of ether oxygens (including phenoxy) is 3. The zero-order valence-electron chi connectivity index (χ0n) is 13.8. The molecule has 1 aliphatic heterocycles. The zero-order chi connectivity index (χ0) is 17.8. The fraction of sp³-hybridized carbons (Fsp3) is 0.222. The van der Waals surface area contributed by atoms with Crippen LogP contribution in [0.25, 0.3) is 0 Å². The first kappa shape index (κ1) is 17.3. The van der Waals surface area contributed by atoms with E-state index in [9.17, 15) is 4.79 Å². The molecular formula is C18H17BrN2O4. The Bertz CT molecular complexity index is 816. The summed E-state index contributed by atoms with van der Waals surface area (Å²) in [6.45, 7) is 3.98. The molecule has 0 atom stereocenters. The average molecular weight is 405 g/mol. The molecule has 3 rings (SSSR count). The Morgan fingerprint density at radius 1 is 1.28 bits per heavy atom. The first-order valence-electron chi connectivity index (χ1n) is 7.64. The van der Waals surface area contributed by atoms with Gasteiger partial charge in [0.15, 0.2) is 18.1 Å². The number of halogens is 1. The maximum atomic E-state index is 11.9. The molecule has 0 unspecified atom stereocenters. The lowest BCUT2D eigenvalue weighted by Crippen LogP contribution is -2.25. The number of rotatable bonds is 5. The van der Waals surface area contributed by atoms with E-state index in [2.05, 4.69) is 26.5 Å². The van der Waals surface area contributed by atoms with E-state index < -0.39 is 0 Å². The number of nitrogens with one attached hydrogen (secondary N) is 1. The first-order chi connectivity index (χ1) is 12.0. The van der Waals surface area contributed by atoms with Crippen LogP contribution in [0, 0.1) is 13.8 Å². The summed E-state index contributed by atoms with van der Waals surface area (Å²) < 4.78 is 17.0. The van der Waals surface area contributed by atoms with Gasteiger partial charge in [0.25, 0.3) is 5.91 Å². The largest absolute Gasteiger partial charge is 0.483 e. The molecular weight excluding hydrogens is 388 g/mol. The van der Waals surface area contributed by atoms with Gasteiger partial charge in [-0.2, -0.15) is 5.10 Å². The van der Waals surface area contributed by atoms with Crippen LogP contribution < -0.4 is 19.6 Å². The summed E-state index contributed by atoms with van der Waals surface area (Å²) in [6, 6.07) is 9.42. The summed E-state index contributed by atoms with van der Waals surface area (Å²) >= 11 is 3.43. The van der Waals surface area contributed by atoms with E-state index in [4.69, 9.17) is 14.2 Å². The lowest BCUT2D eigenvalue weighted by Gasteiger charge is -2.10. The smallest absolute Gasteiger partial charge is 0.277 e. The van der Waals surface area contributed by atoms with Crippen molar-refractivity contribution in [1.82, 2.24) is 5.43 Å². The predicted molar refractivity (Wildman–Crippen MR) is 97.4 cm³/mol. The van der Waals surface area contributed by atoms with Crippen LogP contribution in [0.1, 0.15) is 16.7 Å². The Morgan fingerprint density at radius 2 is 1.96 bits per heavy atom. The Hall–Kier alpha value is -2.54. The molecule has 25 heavy (non-hydrogen) atoms. The number of amides is 1. The number of hydrazone groups is 1. The highest BCUT2D eigenvalue weighted by molar-refractivity contribution is 9.10. The molecule has 1 amide bonds. The van der Waals surface area contributed by atoms with Crippen LogP contribution in [0.2, 0.25) is 0 Å². The molecule has 0 radical (unpaired) electrons. The van der Waals surface area contributed by atoms with Crippen molar-refractivity contribution in [2.75, 3.05) is 13.4 Å². The van der Waals surface area contributed by atoms with Crippen molar-refractivity contribution in [3.63, 3.8) is 0 Å². The highest BCUT2D eigenvalue weighted by Crippen LogP contribution is 2.36. The second-order valence-corrected chi connectivity index (χ2v) is 6.38. The SMILES string of the molecule is Cc1cccc(C)c1OCC(=O)N/N=C/c1cc2c(cc1Br)OCO2. The molecule has 6 nitrogen and oxygen atoms in total. The summed E-state index contributed by atoms with van der Waals surface area (Å²) in [4.78, 5) is 11.9. The van der Waals surface area contributed by atoms with E-state index in [1.807, 2.05) is 32.0 Å². The maximum absolute atomic E-state index is 11.9. The predicted octanol–water partition coefficient (Wildman–Crippen LogP) is 3.32. The fourth-order valence-electron chi connectivity index (χ4n) is 2.40. The zero-order valence-corrected chi connectivity index (χ0v) is 15.4. The lowest BCUT2D eigenvalue weighted by atomic mass is 10.1. The van der Waals surface area contributed by atoms with E-state index in [1.54, 1.807) is 12.1 Å². The molecule has 130 valence electrons. The highest BCUT2D eigenvalue weighted by atomic mass is 79.9. The van der Waals surface area contributed by atoms with Crippen LogP contribution in [-0.4, -0.2) is 25.5 Å². The number of fused-ring (bicyclic) bond motifs is 1. The van der Waals surface area contributed by atoms with Gasteiger partial charge in [0, 0.05) is 10.0 Å². The van der Waals surface area contributed by atoms with Gasteiger partial charge in [0.05, 0.1) is 6.21 Å². The van der Waals surface area contributed by atoms with Crippen molar-refractivity contribution >= 4 is 28.1 Å². The topological polar surface area (TPSA) is 69.2 Å². The molecule has 2 aromatic rings. The van der Waals surface area contributed by atoms with Crippen LogP contribution in [0.4, 0.5) is 0 Å². The number of aryl methyl sites for hydroxylation is 2. The van der Waals surface area contributed by atoms with E-state index in [0.717, 1.165) is 26.9 Å². The molecule has 0 saturated carbocycles. The molecule has 0 bridgehead atoms. The summed E-state index contributed by atoms with van der Waals surface area (Å²) in [5.41, 5.74) is 5.19. The van der Waals surface area contributed by atoms with Gasteiger partial charge in [-0.3, -0.25) is 4.79 Å². The van der Waals surface area contributed by atoms with Gasteiger partial charge in [-0.15, -0.1) is 0 Å². The molecule has 0 fully saturated rings. The third-order valence-electron chi connectivity index (χ3n) is 3.64. The van der Waals surface area contributed by atoms with Gasteiger partial charge >= 0.3 is 0 Å². The number of para-hydroxylation sites is 1. The quantitative estimate of drug-likeness (QED) is 0.612. The summed E-state index contributed by atoms with van der Waals surface area (Å²) in [5, 5.41) is 3.95. The van der Waals surface area contributed by atoms with Crippen molar-refractivity contribution in [2.45, 2.75) is 13.8 Å². The first-order valence-corrected chi connectivity index (χ1v) is 8.44. The highest BCUT2D eigenvalue weighted by Gasteiger charge is 2.15. The minimum atomic E-state index is -0.337. The van der Waals surface area contributed by atoms with E-state index in [0.29, 0.717) is 11.5 Å². The number of hydrogen-bond acceptors (Lipinski definition) is 5. The minimum Gasteiger partial charge on any atom is -0.483 e.